The summed E-state index contributed by atoms with van der Waals surface area (Å²) in [5.74, 6) is 0.214. The zero-order valence-corrected chi connectivity index (χ0v) is 14.1. The van der Waals surface area contributed by atoms with Crippen LogP contribution in [0.15, 0.2) is 24.3 Å². The van der Waals surface area contributed by atoms with E-state index in [1.54, 1.807) is 12.1 Å². The summed E-state index contributed by atoms with van der Waals surface area (Å²) in [6, 6.07) is 9.80. The molecule has 1 aliphatic rings. The molecule has 1 aromatic carbocycles. The monoisotopic (exact) mass is 345 g/mol. The molecule has 122 valence electrons. The molecule has 1 heterocycles. The summed E-state index contributed by atoms with van der Waals surface area (Å²) in [6.45, 7) is 5.17. The summed E-state index contributed by atoms with van der Waals surface area (Å²) in [4.78, 5) is 13.2. The van der Waals surface area contributed by atoms with Crippen molar-refractivity contribution in [2.45, 2.75) is 19.4 Å². The Morgan fingerprint density at radius 2 is 1.91 bits per heavy atom. The lowest BCUT2D eigenvalue weighted by Crippen LogP contribution is -2.45. The van der Waals surface area contributed by atoms with Crippen molar-refractivity contribution in [2.75, 3.05) is 26.2 Å². The molecular weight excluding hydrogens is 325 g/mol. The van der Waals surface area contributed by atoms with Gasteiger partial charge in [0, 0.05) is 39.1 Å². The first-order chi connectivity index (χ1) is 9.70. The highest BCUT2D eigenvalue weighted by Crippen LogP contribution is 2.26. The van der Waals surface area contributed by atoms with Gasteiger partial charge < -0.3 is 10.1 Å². The molecule has 5 nitrogen and oxygen atoms in total. The Hall–Kier alpha value is -1.32. The van der Waals surface area contributed by atoms with Gasteiger partial charge in [-0.1, -0.05) is 12.1 Å². The molecule has 1 aliphatic heterocycles. The van der Waals surface area contributed by atoms with E-state index in [9.17, 15) is 4.79 Å². The SMILES string of the molecule is CC(=O)Oc1ccc([C@H](CC#N)N2CCNCC2)cc1.Cl.Cl. The molecule has 1 saturated heterocycles. The van der Waals surface area contributed by atoms with Crippen molar-refractivity contribution in [3.63, 3.8) is 0 Å². The van der Waals surface area contributed by atoms with E-state index in [0.717, 1.165) is 31.7 Å². The highest BCUT2D eigenvalue weighted by molar-refractivity contribution is 5.85. The van der Waals surface area contributed by atoms with Crippen molar-refractivity contribution in [1.29, 1.82) is 5.26 Å². The van der Waals surface area contributed by atoms with Gasteiger partial charge in [-0.2, -0.15) is 5.26 Å². The molecule has 2 rings (SSSR count). The van der Waals surface area contributed by atoms with Gasteiger partial charge in [-0.15, -0.1) is 24.8 Å². The number of nitrogens with zero attached hydrogens (tertiary/aromatic N) is 2. The summed E-state index contributed by atoms with van der Waals surface area (Å²) in [5, 5.41) is 12.4. The maximum absolute atomic E-state index is 10.9. The van der Waals surface area contributed by atoms with Gasteiger partial charge in [0.25, 0.3) is 0 Å². The van der Waals surface area contributed by atoms with Crippen LogP contribution in [0.25, 0.3) is 0 Å². The van der Waals surface area contributed by atoms with Crippen LogP contribution in [-0.4, -0.2) is 37.0 Å². The van der Waals surface area contributed by atoms with Crippen LogP contribution in [0.4, 0.5) is 0 Å². The Labute approximate surface area is 143 Å². The third-order valence-corrected chi connectivity index (χ3v) is 3.40. The van der Waals surface area contributed by atoms with E-state index < -0.39 is 0 Å². The van der Waals surface area contributed by atoms with Gasteiger partial charge in [0.05, 0.1) is 12.5 Å². The summed E-state index contributed by atoms with van der Waals surface area (Å²) < 4.78 is 5.03. The fourth-order valence-electron chi connectivity index (χ4n) is 2.46. The first-order valence-electron chi connectivity index (χ1n) is 6.81. The van der Waals surface area contributed by atoms with Crippen LogP contribution in [-0.2, 0) is 4.79 Å². The minimum atomic E-state index is -0.326. The van der Waals surface area contributed by atoms with E-state index >= 15 is 0 Å². The maximum Gasteiger partial charge on any atom is 0.308 e. The second-order valence-electron chi connectivity index (χ2n) is 4.83. The second kappa shape index (κ2) is 10.4. The summed E-state index contributed by atoms with van der Waals surface area (Å²) in [5.41, 5.74) is 1.09. The number of halogens is 2. The Morgan fingerprint density at radius 3 is 2.41 bits per heavy atom. The molecule has 0 amide bonds. The van der Waals surface area contributed by atoms with Crippen LogP contribution in [0.2, 0.25) is 0 Å². The van der Waals surface area contributed by atoms with Crippen molar-refractivity contribution in [2.24, 2.45) is 0 Å². The number of benzene rings is 1. The third-order valence-electron chi connectivity index (χ3n) is 3.40. The molecule has 1 N–H and O–H groups in total. The largest absolute Gasteiger partial charge is 0.427 e. The fraction of sp³-hybridized carbons (Fsp3) is 0.467. The summed E-state index contributed by atoms with van der Waals surface area (Å²) in [7, 11) is 0. The van der Waals surface area contributed by atoms with Crippen molar-refractivity contribution in [3.8, 4) is 11.8 Å². The van der Waals surface area contributed by atoms with Gasteiger partial charge in [-0.05, 0) is 17.7 Å². The molecule has 0 aromatic heterocycles. The molecule has 1 aromatic rings. The van der Waals surface area contributed by atoms with Gasteiger partial charge in [0.1, 0.15) is 5.75 Å². The molecule has 0 bridgehead atoms. The molecule has 0 radical (unpaired) electrons. The molecule has 7 heteroatoms. The van der Waals surface area contributed by atoms with Gasteiger partial charge in [-0.3, -0.25) is 9.69 Å². The van der Waals surface area contributed by atoms with E-state index in [0.29, 0.717) is 12.2 Å². The van der Waals surface area contributed by atoms with Gasteiger partial charge >= 0.3 is 5.97 Å². The van der Waals surface area contributed by atoms with Crippen LogP contribution in [0.5, 0.6) is 5.75 Å². The number of nitriles is 1. The fourth-order valence-corrected chi connectivity index (χ4v) is 2.46. The van der Waals surface area contributed by atoms with E-state index in [-0.39, 0.29) is 36.8 Å². The number of hydrogen-bond acceptors (Lipinski definition) is 5. The smallest absolute Gasteiger partial charge is 0.308 e. The van der Waals surface area contributed by atoms with Crippen molar-refractivity contribution < 1.29 is 9.53 Å². The van der Waals surface area contributed by atoms with Crippen molar-refractivity contribution in [1.82, 2.24) is 10.2 Å². The summed E-state index contributed by atoms with van der Waals surface area (Å²) >= 11 is 0. The number of carbonyl (C=O) groups excluding carboxylic acids is 1. The van der Waals surface area contributed by atoms with E-state index in [1.807, 2.05) is 12.1 Å². The lowest BCUT2D eigenvalue weighted by atomic mass is 10.0. The Bertz CT molecular complexity index is 497. The topological polar surface area (TPSA) is 65.4 Å². The predicted octanol–water partition coefficient (Wildman–Crippen LogP) is 2.32. The zero-order valence-electron chi connectivity index (χ0n) is 12.4. The lowest BCUT2D eigenvalue weighted by Gasteiger charge is -2.34. The number of piperazine rings is 1. The van der Waals surface area contributed by atoms with Crippen LogP contribution in [0, 0.1) is 11.3 Å². The lowest BCUT2D eigenvalue weighted by molar-refractivity contribution is -0.131. The van der Waals surface area contributed by atoms with E-state index in [2.05, 4.69) is 16.3 Å². The molecular formula is C15H21Cl2N3O2. The normalized spacial score (nSPS) is 15.6. The van der Waals surface area contributed by atoms with Crippen LogP contribution < -0.4 is 10.1 Å². The number of ether oxygens (including phenoxy) is 1. The molecule has 1 atom stereocenters. The molecule has 0 spiro atoms. The highest BCUT2D eigenvalue weighted by atomic mass is 35.5. The van der Waals surface area contributed by atoms with E-state index in [4.69, 9.17) is 10.00 Å². The Morgan fingerprint density at radius 1 is 1.32 bits per heavy atom. The standard InChI is InChI=1S/C15H19N3O2.2ClH/c1-12(19)20-14-4-2-13(3-5-14)15(6-7-16)18-10-8-17-9-11-18;;/h2-5,15,17H,6,8-11H2,1H3;2*1H/t15-;;/m0../s1. The number of esters is 1. The number of hydrogen-bond donors (Lipinski definition) is 1. The van der Waals surface area contributed by atoms with E-state index in [1.165, 1.54) is 6.92 Å². The highest BCUT2D eigenvalue weighted by Gasteiger charge is 2.21. The zero-order chi connectivity index (χ0) is 14.4. The third kappa shape index (κ3) is 5.82. The number of nitrogens with one attached hydrogen (secondary N) is 1. The van der Waals surface area contributed by atoms with Crippen LogP contribution in [0.1, 0.15) is 24.9 Å². The molecule has 1 fully saturated rings. The maximum atomic E-state index is 10.9. The first kappa shape index (κ1) is 20.7. The van der Waals surface area contributed by atoms with Crippen LogP contribution in [0.3, 0.4) is 0 Å². The quantitative estimate of drug-likeness (QED) is 0.670. The van der Waals surface area contributed by atoms with Gasteiger partial charge in [0.15, 0.2) is 0 Å². The number of carbonyl (C=O) groups is 1. The Kier molecular flexibility index (Phi) is 9.79. The van der Waals surface area contributed by atoms with Crippen molar-refractivity contribution in [3.05, 3.63) is 29.8 Å². The summed E-state index contributed by atoms with van der Waals surface area (Å²) in [6.07, 6.45) is 0.465. The average Bonchev–Trinajstić information content (AvgIpc) is 2.46. The minimum absolute atomic E-state index is 0. The van der Waals surface area contributed by atoms with Gasteiger partial charge in [0.2, 0.25) is 0 Å². The second-order valence-corrected chi connectivity index (χ2v) is 4.83. The van der Waals surface area contributed by atoms with Gasteiger partial charge in [-0.25, -0.2) is 0 Å². The average molecular weight is 346 g/mol. The first-order valence-corrected chi connectivity index (χ1v) is 6.81. The van der Waals surface area contributed by atoms with Crippen molar-refractivity contribution >= 4 is 30.8 Å². The Balaban J connectivity index is 0.00000220. The molecule has 0 unspecified atom stereocenters. The molecule has 22 heavy (non-hydrogen) atoms. The predicted molar refractivity (Wildman–Crippen MR) is 89.7 cm³/mol. The van der Waals surface area contributed by atoms with Crippen LogP contribution >= 0.6 is 24.8 Å². The molecule has 0 aliphatic carbocycles. The molecule has 0 saturated carbocycles. The minimum Gasteiger partial charge on any atom is -0.427 e. The number of rotatable bonds is 4.